The van der Waals surface area contributed by atoms with Crippen molar-refractivity contribution in [3.63, 3.8) is 0 Å². The van der Waals surface area contributed by atoms with Crippen LogP contribution in [0.2, 0.25) is 5.02 Å². The molecule has 0 aliphatic heterocycles. The van der Waals surface area contributed by atoms with Gasteiger partial charge in [0.15, 0.2) is 0 Å². The summed E-state index contributed by atoms with van der Waals surface area (Å²) in [7, 11) is 0. The van der Waals surface area contributed by atoms with Crippen LogP contribution >= 0.6 is 22.9 Å². The highest BCUT2D eigenvalue weighted by molar-refractivity contribution is 7.21. The molecule has 0 fully saturated rings. The van der Waals surface area contributed by atoms with Crippen molar-refractivity contribution in [3.05, 3.63) is 69.8 Å². The molecule has 116 valence electrons. The third-order valence-corrected chi connectivity index (χ3v) is 4.82. The van der Waals surface area contributed by atoms with E-state index in [-0.39, 0.29) is 10.4 Å². The van der Waals surface area contributed by atoms with Crippen LogP contribution in [0.3, 0.4) is 0 Å². The van der Waals surface area contributed by atoms with Gasteiger partial charge in [0.05, 0.1) is 10.6 Å². The van der Waals surface area contributed by atoms with Crippen molar-refractivity contribution in [3.8, 4) is 0 Å². The molecule has 1 aromatic heterocycles. The van der Waals surface area contributed by atoms with Crippen LogP contribution in [0.15, 0.2) is 48.5 Å². The molecular formula is C16H10ClFN2O2S. The summed E-state index contributed by atoms with van der Waals surface area (Å²) >= 11 is 7.40. The van der Waals surface area contributed by atoms with Crippen molar-refractivity contribution in [2.45, 2.75) is 0 Å². The smallest absolute Gasteiger partial charge is 0.267 e. The lowest BCUT2D eigenvalue weighted by molar-refractivity contribution is 0.0846. The maximum atomic E-state index is 13.5. The molecule has 3 rings (SSSR count). The maximum absolute atomic E-state index is 13.5. The van der Waals surface area contributed by atoms with Gasteiger partial charge in [0.25, 0.3) is 11.8 Å². The van der Waals surface area contributed by atoms with E-state index in [0.717, 1.165) is 10.1 Å². The van der Waals surface area contributed by atoms with Gasteiger partial charge in [-0.05, 0) is 18.2 Å². The molecule has 3 aromatic rings. The molecule has 0 spiro atoms. The van der Waals surface area contributed by atoms with E-state index in [1.165, 1.54) is 35.6 Å². The van der Waals surface area contributed by atoms with Gasteiger partial charge in [-0.1, -0.05) is 41.9 Å². The van der Waals surface area contributed by atoms with Crippen molar-refractivity contribution in [2.75, 3.05) is 0 Å². The number of halogens is 2. The maximum Gasteiger partial charge on any atom is 0.281 e. The fraction of sp³-hybridized carbons (Fsp3) is 0. The van der Waals surface area contributed by atoms with E-state index in [2.05, 4.69) is 10.9 Å². The van der Waals surface area contributed by atoms with Crippen LogP contribution in [0.25, 0.3) is 10.1 Å². The number of hydrogen-bond acceptors (Lipinski definition) is 3. The molecule has 4 nitrogen and oxygen atoms in total. The summed E-state index contributed by atoms with van der Waals surface area (Å²) in [6.45, 7) is 0. The van der Waals surface area contributed by atoms with Gasteiger partial charge >= 0.3 is 0 Å². The second kappa shape index (κ2) is 6.36. The Kier molecular flexibility index (Phi) is 4.27. The lowest BCUT2D eigenvalue weighted by Crippen LogP contribution is -2.41. The summed E-state index contributed by atoms with van der Waals surface area (Å²) in [4.78, 5) is 24.3. The van der Waals surface area contributed by atoms with Gasteiger partial charge in [0.1, 0.15) is 10.7 Å². The van der Waals surface area contributed by atoms with Crippen molar-refractivity contribution < 1.29 is 14.0 Å². The van der Waals surface area contributed by atoms with Crippen LogP contribution < -0.4 is 10.9 Å². The number of carbonyl (C=O) groups is 2. The molecule has 0 unspecified atom stereocenters. The minimum absolute atomic E-state index is 0.157. The van der Waals surface area contributed by atoms with Crippen molar-refractivity contribution >= 4 is 44.8 Å². The number of hydrogen-bond donors (Lipinski definition) is 2. The van der Waals surface area contributed by atoms with Crippen molar-refractivity contribution in [1.82, 2.24) is 10.9 Å². The molecule has 0 saturated carbocycles. The minimum atomic E-state index is -0.742. The summed E-state index contributed by atoms with van der Waals surface area (Å²) < 4.78 is 14.4. The van der Waals surface area contributed by atoms with Gasteiger partial charge in [0, 0.05) is 10.1 Å². The highest BCUT2D eigenvalue weighted by atomic mass is 35.5. The van der Waals surface area contributed by atoms with Gasteiger partial charge < -0.3 is 0 Å². The second-order valence-electron chi connectivity index (χ2n) is 4.63. The van der Waals surface area contributed by atoms with Crippen LogP contribution in [0.5, 0.6) is 0 Å². The third kappa shape index (κ3) is 3.04. The lowest BCUT2D eigenvalue weighted by atomic mass is 10.2. The number of nitrogens with one attached hydrogen (secondary N) is 2. The predicted octanol–water partition coefficient (Wildman–Crippen LogP) is 3.77. The molecule has 2 N–H and O–H groups in total. The van der Waals surface area contributed by atoms with Crippen LogP contribution in [-0.4, -0.2) is 11.8 Å². The number of benzene rings is 2. The first kappa shape index (κ1) is 15.5. The molecule has 0 atom stereocenters. The molecule has 0 aliphatic carbocycles. The Balaban J connectivity index is 1.75. The quantitative estimate of drug-likeness (QED) is 0.693. The van der Waals surface area contributed by atoms with Crippen molar-refractivity contribution in [2.24, 2.45) is 0 Å². The number of fused-ring (bicyclic) bond motifs is 1. The topological polar surface area (TPSA) is 58.2 Å². The molecule has 0 saturated heterocycles. The van der Waals surface area contributed by atoms with E-state index in [1.54, 1.807) is 0 Å². The highest BCUT2D eigenvalue weighted by Gasteiger charge is 2.18. The second-order valence-corrected chi connectivity index (χ2v) is 6.06. The summed E-state index contributed by atoms with van der Waals surface area (Å²) in [5, 5.41) is 1.09. The molecule has 0 radical (unpaired) electrons. The fourth-order valence-corrected chi connectivity index (χ4v) is 3.46. The van der Waals surface area contributed by atoms with E-state index in [0.29, 0.717) is 5.02 Å². The summed E-state index contributed by atoms with van der Waals surface area (Å²) in [6, 6.07) is 12.8. The third-order valence-electron chi connectivity index (χ3n) is 3.15. The Labute approximate surface area is 139 Å². The van der Waals surface area contributed by atoms with E-state index >= 15 is 0 Å². The van der Waals surface area contributed by atoms with Crippen LogP contribution in [0, 0.1) is 5.82 Å². The Bertz CT molecular complexity index is 910. The molecule has 0 bridgehead atoms. The Morgan fingerprint density at radius 2 is 1.61 bits per heavy atom. The average Bonchev–Trinajstić information content (AvgIpc) is 2.90. The summed E-state index contributed by atoms with van der Waals surface area (Å²) in [5.74, 6) is -1.96. The largest absolute Gasteiger partial charge is 0.281 e. The van der Waals surface area contributed by atoms with Gasteiger partial charge in [0.2, 0.25) is 0 Å². The first-order chi connectivity index (χ1) is 11.1. The molecular weight excluding hydrogens is 339 g/mol. The molecule has 2 amide bonds. The highest BCUT2D eigenvalue weighted by Crippen LogP contribution is 2.34. The first-order valence-corrected chi connectivity index (χ1v) is 7.79. The van der Waals surface area contributed by atoms with Crippen LogP contribution in [0.4, 0.5) is 4.39 Å². The zero-order valence-electron chi connectivity index (χ0n) is 11.6. The number of thiophene rings is 1. The fourth-order valence-electron chi connectivity index (χ4n) is 2.04. The zero-order valence-corrected chi connectivity index (χ0v) is 13.2. The SMILES string of the molecule is O=C(NNC(=O)c1sc2ccccc2c1Cl)c1ccccc1F. The Morgan fingerprint density at radius 1 is 0.957 bits per heavy atom. The summed E-state index contributed by atoms with van der Waals surface area (Å²) in [6.07, 6.45) is 0. The van der Waals surface area contributed by atoms with Gasteiger partial charge in [-0.25, -0.2) is 4.39 Å². The number of carbonyl (C=O) groups excluding carboxylic acids is 2. The summed E-state index contributed by atoms with van der Waals surface area (Å²) in [5.41, 5.74) is 4.27. The normalized spacial score (nSPS) is 10.5. The first-order valence-electron chi connectivity index (χ1n) is 6.60. The standard InChI is InChI=1S/C16H10ClFN2O2S/c17-13-10-6-2-4-8-12(10)23-14(13)16(22)20-19-15(21)9-5-1-3-7-11(9)18/h1-8H,(H,19,21)(H,20,22). The average molecular weight is 349 g/mol. The Morgan fingerprint density at radius 3 is 2.35 bits per heavy atom. The molecule has 7 heteroatoms. The number of hydrazine groups is 1. The molecule has 0 aliphatic rings. The van der Waals surface area contributed by atoms with Gasteiger partial charge in [-0.3, -0.25) is 20.4 Å². The van der Waals surface area contributed by atoms with Crippen molar-refractivity contribution in [1.29, 1.82) is 0 Å². The molecule has 23 heavy (non-hydrogen) atoms. The van der Waals surface area contributed by atoms with Crippen LogP contribution in [0.1, 0.15) is 20.0 Å². The molecule has 2 aromatic carbocycles. The van der Waals surface area contributed by atoms with E-state index in [1.807, 2.05) is 24.3 Å². The number of amides is 2. The van der Waals surface area contributed by atoms with E-state index < -0.39 is 17.6 Å². The van der Waals surface area contributed by atoms with E-state index in [9.17, 15) is 14.0 Å². The van der Waals surface area contributed by atoms with Gasteiger partial charge in [-0.15, -0.1) is 11.3 Å². The molecule has 1 heterocycles. The Hall–Kier alpha value is -2.44. The minimum Gasteiger partial charge on any atom is -0.267 e. The van der Waals surface area contributed by atoms with Crippen LogP contribution in [-0.2, 0) is 0 Å². The monoisotopic (exact) mass is 348 g/mol. The van der Waals surface area contributed by atoms with E-state index in [4.69, 9.17) is 11.6 Å². The zero-order chi connectivity index (χ0) is 16.4. The van der Waals surface area contributed by atoms with Gasteiger partial charge in [-0.2, -0.15) is 0 Å². The lowest BCUT2D eigenvalue weighted by Gasteiger charge is -2.07. The number of rotatable bonds is 2. The predicted molar refractivity (Wildman–Crippen MR) is 88.2 cm³/mol.